The van der Waals surface area contributed by atoms with E-state index in [9.17, 15) is 4.79 Å². The second kappa shape index (κ2) is 5.00. The summed E-state index contributed by atoms with van der Waals surface area (Å²) in [5, 5.41) is 0. The summed E-state index contributed by atoms with van der Waals surface area (Å²) in [4.78, 5) is 11.3. The molecule has 0 radical (unpaired) electrons. The van der Waals surface area contributed by atoms with Crippen LogP contribution in [0.2, 0.25) is 0 Å². The molecule has 0 spiro atoms. The average Bonchev–Trinajstić information content (AvgIpc) is 2.17. The van der Waals surface area contributed by atoms with Crippen molar-refractivity contribution in [2.45, 2.75) is 65.4 Å². The third-order valence-electron chi connectivity index (χ3n) is 3.68. The van der Waals surface area contributed by atoms with Gasteiger partial charge in [0.05, 0.1) is 0 Å². The van der Waals surface area contributed by atoms with Gasteiger partial charge in [0.15, 0.2) is 0 Å². The van der Waals surface area contributed by atoms with E-state index < -0.39 is 0 Å². The molecule has 88 valence electrons. The Kier molecular flexibility index (Phi) is 4.18. The van der Waals surface area contributed by atoms with Gasteiger partial charge in [-0.05, 0) is 44.4 Å². The van der Waals surface area contributed by atoms with Crippen LogP contribution in [0, 0.1) is 11.8 Å². The highest BCUT2D eigenvalue weighted by Crippen LogP contribution is 2.37. The van der Waals surface area contributed by atoms with Crippen molar-refractivity contribution in [1.82, 2.24) is 0 Å². The summed E-state index contributed by atoms with van der Waals surface area (Å²) < 4.78 is 5.52. The van der Waals surface area contributed by atoms with E-state index in [1.54, 1.807) is 0 Å². The minimum atomic E-state index is -0.182. The Bertz CT molecular complexity index is 213. The molecule has 1 rings (SSSR count). The van der Waals surface area contributed by atoms with Crippen LogP contribution in [0.25, 0.3) is 0 Å². The Balaban J connectivity index is 2.44. The number of ether oxygens (including phenoxy) is 1. The molecule has 0 atom stereocenters. The molecule has 0 unspecified atom stereocenters. The first-order valence-corrected chi connectivity index (χ1v) is 6.18. The van der Waals surface area contributed by atoms with Crippen LogP contribution >= 0.6 is 0 Å². The fourth-order valence-electron chi connectivity index (χ4n) is 2.37. The first-order valence-electron chi connectivity index (χ1n) is 6.18. The lowest BCUT2D eigenvalue weighted by atomic mass is 9.75. The maximum absolute atomic E-state index is 11.3. The fourth-order valence-corrected chi connectivity index (χ4v) is 2.37. The van der Waals surface area contributed by atoms with Crippen molar-refractivity contribution < 1.29 is 9.53 Å². The van der Waals surface area contributed by atoms with Gasteiger partial charge in [0, 0.05) is 6.42 Å². The molecule has 0 heterocycles. The molecule has 0 N–H and O–H groups in total. The maximum Gasteiger partial charge on any atom is 0.306 e. The molecule has 2 nitrogen and oxygen atoms in total. The molecule has 0 saturated heterocycles. The van der Waals surface area contributed by atoms with Crippen LogP contribution < -0.4 is 0 Å². The van der Waals surface area contributed by atoms with E-state index in [1.165, 1.54) is 12.8 Å². The van der Waals surface area contributed by atoms with Crippen molar-refractivity contribution in [2.24, 2.45) is 11.8 Å². The van der Waals surface area contributed by atoms with Gasteiger partial charge >= 0.3 is 5.97 Å². The standard InChI is InChI=1S/C13H24O2/c1-5-12(14)15-13(4)8-6-11(7-9-13)10(2)3/h10-11H,5-9H2,1-4H3. The van der Waals surface area contributed by atoms with Crippen LogP contribution in [-0.2, 0) is 9.53 Å². The molecule has 0 aromatic rings. The third-order valence-corrected chi connectivity index (χ3v) is 3.68. The Labute approximate surface area is 93.4 Å². The van der Waals surface area contributed by atoms with E-state index in [0.717, 1.165) is 24.7 Å². The summed E-state index contributed by atoms with van der Waals surface area (Å²) in [5.74, 6) is 1.52. The molecule has 0 aliphatic heterocycles. The molecule has 0 bridgehead atoms. The van der Waals surface area contributed by atoms with Crippen molar-refractivity contribution in [2.75, 3.05) is 0 Å². The van der Waals surface area contributed by atoms with Crippen molar-refractivity contribution >= 4 is 5.97 Å². The van der Waals surface area contributed by atoms with Gasteiger partial charge in [0.2, 0.25) is 0 Å². The smallest absolute Gasteiger partial charge is 0.306 e. The Morgan fingerprint density at radius 2 is 1.93 bits per heavy atom. The number of rotatable bonds is 3. The average molecular weight is 212 g/mol. The highest BCUT2D eigenvalue weighted by Gasteiger charge is 2.34. The van der Waals surface area contributed by atoms with E-state index in [4.69, 9.17) is 4.74 Å². The Hall–Kier alpha value is -0.530. The first-order chi connectivity index (χ1) is 6.97. The van der Waals surface area contributed by atoms with E-state index >= 15 is 0 Å². The lowest BCUT2D eigenvalue weighted by Gasteiger charge is -2.38. The second-order valence-electron chi connectivity index (χ2n) is 5.36. The highest BCUT2D eigenvalue weighted by molar-refractivity contribution is 5.69. The Morgan fingerprint density at radius 1 is 1.40 bits per heavy atom. The van der Waals surface area contributed by atoms with Crippen LogP contribution in [-0.4, -0.2) is 11.6 Å². The predicted molar refractivity (Wildman–Crippen MR) is 61.6 cm³/mol. The van der Waals surface area contributed by atoms with Crippen LogP contribution in [0.4, 0.5) is 0 Å². The molecule has 1 aliphatic carbocycles. The third kappa shape index (κ3) is 3.51. The normalized spacial score (nSPS) is 31.7. The molecular formula is C13H24O2. The number of esters is 1. The minimum Gasteiger partial charge on any atom is -0.459 e. The zero-order valence-electron chi connectivity index (χ0n) is 10.5. The van der Waals surface area contributed by atoms with E-state index in [0.29, 0.717) is 6.42 Å². The molecule has 0 aromatic heterocycles. The van der Waals surface area contributed by atoms with Crippen molar-refractivity contribution in [3.8, 4) is 0 Å². The SMILES string of the molecule is CCC(=O)OC1(C)CCC(C(C)C)CC1. The quantitative estimate of drug-likeness (QED) is 0.669. The van der Waals surface area contributed by atoms with E-state index in [-0.39, 0.29) is 11.6 Å². The number of hydrogen-bond acceptors (Lipinski definition) is 2. The van der Waals surface area contributed by atoms with Crippen LogP contribution in [0.1, 0.15) is 59.8 Å². The molecule has 0 amide bonds. The zero-order chi connectivity index (χ0) is 11.5. The van der Waals surface area contributed by atoms with Crippen LogP contribution in [0.5, 0.6) is 0 Å². The fraction of sp³-hybridized carbons (Fsp3) is 0.923. The predicted octanol–water partition coefficient (Wildman–Crippen LogP) is 3.54. The van der Waals surface area contributed by atoms with Gasteiger partial charge < -0.3 is 4.74 Å². The van der Waals surface area contributed by atoms with Gasteiger partial charge in [0.1, 0.15) is 5.60 Å². The van der Waals surface area contributed by atoms with Gasteiger partial charge in [0.25, 0.3) is 0 Å². The molecule has 15 heavy (non-hydrogen) atoms. The summed E-state index contributed by atoms with van der Waals surface area (Å²) in [6, 6.07) is 0. The maximum atomic E-state index is 11.3. The van der Waals surface area contributed by atoms with Gasteiger partial charge in [-0.2, -0.15) is 0 Å². The molecule has 1 fully saturated rings. The van der Waals surface area contributed by atoms with E-state index in [1.807, 2.05) is 6.92 Å². The lowest BCUT2D eigenvalue weighted by Crippen LogP contribution is -2.36. The van der Waals surface area contributed by atoms with Gasteiger partial charge in [-0.15, -0.1) is 0 Å². The molecule has 1 aliphatic rings. The largest absolute Gasteiger partial charge is 0.459 e. The monoisotopic (exact) mass is 212 g/mol. The zero-order valence-corrected chi connectivity index (χ0v) is 10.5. The lowest BCUT2D eigenvalue weighted by molar-refractivity contribution is -0.162. The summed E-state index contributed by atoms with van der Waals surface area (Å²) in [6.45, 7) is 8.50. The van der Waals surface area contributed by atoms with Crippen LogP contribution in [0.3, 0.4) is 0 Å². The van der Waals surface area contributed by atoms with Crippen LogP contribution in [0.15, 0.2) is 0 Å². The van der Waals surface area contributed by atoms with E-state index in [2.05, 4.69) is 20.8 Å². The van der Waals surface area contributed by atoms with Crippen molar-refractivity contribution in [3.05, 3.63) is 0 Å². The molecule has 1 saturated carbocycles. The summed E-state index contributed by atoms with van der Waals surface area (Å²) in [5.41, 5.74) is -0.182. The second-order valence-corrected chi connectivity index (χ2v) is 5.36. The Morgan fingerprint density at radius 3 is 2.33 bits per heavy atom. The molecule has 2 heteroatoms. The highest BCUT2D eigenvalue weighted by atomic mass is 16.6. The van der Waals surface area contributed by atoms with Crippen molar-refractivity contribution in [3.63, 3.8) is 0 Å². The van der Waals surface area contributed by atoms with Gasteiger partial charge in [-0.3, -0.25) is 4.79 Å². The summed E-state index contributed by atoms with van der Waals surface area (Å²) in [7, 11) is 0. The topological polar surface area (TPSA) is 26.3 Å². The van der Waals surface area contributed by atoms with Crippen molar-refractivity contribution in [1.29, 1.82) is 0 Å². The van der Waals surface area contributed by atoms with Gasteiger partial charge in [-0.1, -0.05) is 20.8 Å². The number of carbonyl (C=O) groups excluding carboxylic acids is 1. The molecule has 0 aromatic carbocycles. The minimum absolute atomic E-state index is 0.0551. The summed E-state index contributed by atoms with van der Waals surface area (Å²) >= 11 is 0. The first kappa shape index (κ1) is 12.5. The van der Waals surface area contributed by atoms with Gasteiger partial charge in [-0.25, -0.2) is 0 Å². The number of carbonyl (C=O) groups is 1. The summed E-state index contributed by atoms with van der Waals surface area (Å²) in [6.07, 6.45) is 4.95. The molecular weight excluding hydrogens is 188 g/mol. The number of hydrogen-bond donors (Lipinski definition) is 0.